The Hall–Kier alpha value is -1.49. The highest BCUT2D eigenvalue weighted by molar-refractivity contribution is 5.95. The van der Waals surface area contributed by atoms with Gasteiger partial charge >= 0.3 is 0 Å². The Morgan fingerprint density at radius 3 is 3.12 bits per heavy atom. The summed E-state index contributed by atoms with van der Waals surface area (Å²) in [7, 11) is 0. The van der Waals surface area contributed by atoms with E-state index in [1.807, 2.05) is 18.7 Å². The molecule has 1 aromatic rings. The van der Waals surface area contributed by atoms with Crippen LogP contribution in [0.15, 0.2) is 12.5 Å². The number of piperazine rings is 1. The molecule has 86 valence electrons. The average Bonchev–Trinajstić information content (AvgIpc) is 2.29. The lowest BCUT2D eigenvalue weighted by Gasteiger charge is -2.34. The second-order valence-corrected chi connectivity index (χ2v) is 4.07. The van der Waals surface area contributed by atoms with Gasteiger partial charge < -0.3 is 10.2 Å². The Labute approximate surface area is 94.9 Å². The molecule has 1 N–H and O–H groups in total. The van der Waals surface area contributed by atoms with Crippen LogP contribution in [0.3, 0.4) is 0 Å². The molecule has 2 heterocycles. The van der Waals surface area contributed by atoms with Gasteiger partial charge in [-0.05, 0) is 13.8 Å². The summed E-state index contributed by atoms with van der Waals surface area (Å²) in [5, 5.41) is 3.26. The summed E-state index contributed by atoms with van der Waals surface area (Å²) in [6.45, 7) is 6.32. The summed E-state index contributed by atoms with van der Waals surface area (Å²) in [5.74, 6) is 0.0344. The molecule has 5 nitrogen and oxygen atoms in total. The minimum atomic E-state index is 0.0344. The maximum absolute atomic E-state index is 12.2. The molecule has 0 saturated carbocycles. The van der Waals surface area contributed by atoms with Gasteiger partial charge in [-0.3, -0.25) is 4.79 Å². The molecule has 0 spiro atoms. The van der Waals surface area contributed by atoms with E-state index in [0.29, 0.717) is 5.56 Å². The van der Waals surface area contributed by atoms with Crippen LogP contribution in [0, 0.1) is 6.92 Å². The number of hydrogen-bond donors (Lipinski definition) is 1. The Bertz CT molecular complexity index is 393. The predicted octanol–water partition coefficient (Wildman–Crippen LogP) is 0.219. The molecule has 16 heavy (non-hydrogen) atoms. The monoisotopic (exact) mass is 220 g/mol. The summed E-state index contributed by atoms with van der Waals surface area (Å²) in [6.07, 6.45) is 3.06. The Balaban J connectivity index is 2.21. The fourth-order valence-corrected chi connectivity index (χ4v) is 1.90. The van der Waals surface area contributed by atoms with Crippen LogP contribution in [-0.2, 0) is 0 Å². The van der Waals surface area contributed by atoms with Crippen LogP contribution in [0.4, 0.5) is 0 Å². The van der Waals surface area contributed by atoms with Crippen molar-refractivity contribution in [1.29, 1.82) is 0 Å². The third kappa shape index (κ3) is 2.04. The van der Waals surface area contributed by atoms with Gasteiger partial charge in [0.1, 0.15) is 6.33 Å². The molecular weight excluding hydrogens is 204 g/mol. The first-order valence-corrected chi connectivity index (χ1v) is 5.48. The van der Waals surface area contributed by atoms with Crippen molar-refractivity contribution >= 4 is 5.91 Å². The molecular formula is C11H16N4O. The molecule has 2 rings (SSSR count). The first kappa shape index (κ1) is 11.0. The second kappa shape index (κ2) is 4.57. The van der Waals surface area contributed by atoms with Crippen molar-refractivity contribution in [3.8, 4) is 0 Å². The molecule has 0 unspecified atom stereocenters. The van der Waals surface area contributed by atoms with E-state index in [2.05, 4.69) is 15.3 Å². The Kier molecular flexibility index (Phi) is 3.14. The van der Waals surface area contributed by atoms with E-state index in [4.69, 9.17) is 0 Å². The molecule has 1 aliphatic heterocycles. The number of aromatic nitrogens is 2. The fourth-order valence-electron chi connectivity index (χ4n) is 1.90. The minimum absolute atomic E-state index is 0.0344. The number of aryl methyl sites for hydroxylation is 1. The number of amides is 1. The zero-order chi connectivity index (χ0) is 11.5. The van der Waals surface area contributed by atoms with E-state index in [1.54, 1.807) is 6.20 Å². The largest absolute Gasteiger partial charge is 0.333 e. The quantitative estimate of drug-likeness (QED) is 0.735. The molecule has 1 aliphatic rings. The molecule has 1 fully saturated rings. The fraction of sp³-hybridized carbons (Fsp3) is 0.545. The van der Waals surface area contributed by atoms with Crippen LogP contribution in [0.2, 0.25) is 0 Å². The van der Waals surface area contributed by atoms with Crippen molar-refractivity contribution in [2.24, 2.45) is 0 Å². The van der Waals surface area contributed by atoms with E-state index in [9.17, 15) is 4.79 Å². The zero-order valence-electron chi connectivity index (χ0n) is 9.60. The van der Waals surface area contributed by atoms with Gasteiger partial charge in [0.25, 0.3) is 5.91 Å². The Morgan fingerprint density at radius 1 is 1.62 bits per heavy atom. The van der Waals surface area contributed by atoms with Crippen LogP contribution in [0.1, 0.15) is 23.0 Å². The zero-order valence-corrected chi connectivity index (χ0v) is 9.60. The number of nitrogens with one attached hydrogen (secondary N) is 1. The van der Waals surface area contributed by atoms with Crippen molar-refractivity contribution in [3.05, 3.63) is 23.8 Å². The molecule has 0 aromatic carbocycles. The van der Waals surface area contributed by atoms with E-state index in [0.717, 1.165) is 25.3 Å². The number of nitrogens with zero attached hydrogens (tertiary/aromatic N) is 3. The highest BCUT2D eigenvalue weighted by atomic mass is 16.2. The van der Waals surface area contributed by atoms with Crippen LogP contribution in [-0.4, -0.2) is 46.5 Å². The maximum atomic E-state index is 12.2. The molecule has 1 aromatic heterocycles. The van der Waals surface area contributed by atoms with Gasteiger partial charge in [0, 0.05) is 31.9 Å². The topological polar surface area (TPSA) is 58.1 Å². The van der Waals surface area contributed by atoms with Gasteiger partial charge in [-0.25, -0.2) is 9.97 Å². The third-order valence-electron chi connectivity index (χ3n) is 2.90. The smallest absolute Gasteiger partial charge is 0.257 e. The maximum Gasteiger partial charge on any atom is 0.257 e. The lowest BCUT2D eigenvalue weighted by molar-refractivity contribution is 0.0654. The van der Waals surface area contributed by atoms with Crippen molar-refractivity contribution < 1.29 is 4.79 Å². The van der Waals surface area contributed by atoms with E-state index < -0.39 is 0 Å². The summed E-state index contributed by atoms with van der Waals surface area (Å²) < 4.78 is 0. The van der Waals surface area contributed by atoms with Gasteiger partial charge in [-0.1, -0.05) is 0 Å². The normalized spacial score (nSPS) is 20.9. The van der Waals surface area contributed by atoms with Gasteiger partial charge in [-0.15, -0.1) is 0 Å². The van der Waals surface area contributed by atoms with Crippen molar-refractivity contribution in [2.75, 3.05) is 19.6 Å². The van der Waals surface area contributed by atoms with Crippen molar-refractivity contribution in [2.45, 2.75) is 19.9 Å². The summed E-state index contributed by atoms with van der Waals surface area (Å²) in [5.41, 5.74) is 1.35. The molecule has 1 atom stereocenters. The molecule has 0 aliphatic carbocycles. The Morgan fingerprint density at radius 2 is 2.44 bits per heavy atom. The molecule has 1 saturated heterocycles. The number of carbonyl (C=O) groups is 1. The molecule has 0 radical (unpaired) electrons. The molecule has 5 heteroatoms. The lowest BCUT2D eigenvalue weighted by Crippen LogP contribution is -2.52. The van der Waals surface area contributed by atoms with E-state index >= 15 is 0 Å². The standard InChI is InChI=1S/C11H16N4O/c1-8-5-12-3-4-15(8)11(16)10-6-13-7-14-9(10)2/h6-8,12H,3-5H2,1-2H3/t8-/m0/s1. The highest BCUT2D eigenvalue weighted by Crippen LogP contribution is 2.11. The number of rotatable bonds is 1. The highest BCUT2D eigenvalue weighted by Gasteiger charge is 2.25. The predicted molar refractivity (Wildman–Crippen MR) is 60.1 cm³/mol. The average molecular weight is 220 g/mol. The van der Waals surface area contributed by atoms with Crippen LogP contribution < -0.4 is 5.32 Å². The molecule has 1 amide bonds. The van der Waals surface area contributed by atoms with Gasteiger partial charge in [-0.2, -0.15) is 0 Å². The lowest BCUT2D eigenvalue weighted by atomic mass is 10.1. The minimum Gasteiger partial charge on any atom is -0.333 e. The number of hydrogen-bond acceptors (Lipinski definition) is 4. The van der Waals surface area contributed by atoms with Gasteiger partial charge in [0.05, 0.1) is 11.3 Å². The van der Waals surface area contributed by atoms with Crippen LogP contribution in [0.25, 0.3) is 0 Å². The molecule has 0 bridgehead atoms. The van der Waals surface area contributed by atoms with Gasteiger partial charge in [0.15, 0.2) is 0 Å². The van der Waals surface area contributed by atoms with Crippen LogP contribution in [0.5, 0.6) is 0 Å². The van der Waals surface area contributed by atoms with Gasteiger partial charge in [0.2, 0.25) is 0 Å². The third-order valence-corrected chi connectivity index (χ3v) is 2.90. The summed E-state index contributed by atoms with van der Waals surface area (Å²) >= 11 is 0. The van der Waals surface area contributed by atoms with E-state index in [1.165, 1.54) is 6.33 Å². The summed E-state index contributed by atoms with van der Waals surface area (Å²) in [4.78, 5) is 22.1. The second-order valence-electron chi connectivity index (χ2n) is 4.07. The van der Waals surface area contributed by atoms with Crippen molar-refractivity contribution in [3.63, 3.8) is 0 Å². The first-order chi connectivity index (χ1) is 7.70. The summed E-state index contributed by atoms with van der Waals surface area (Å²) in [6, 6.07) is 0.223. The SMILES string of the molecule is Cc1ncncc1C(=O)N1CCNC[C@@H]1C. The van der Waals surface area contributed by atoms with E-state index in [-0.39, 0.29) is 11.9 Å². The number of carbonyl (C=O) groups excluding carboxylic acids is 1. The first-order valence-electron chi connectivity index (χ1n) is 5.48. The van der Waals surface area contributed by atoms with Crippen LogP contribution >= 0.6 is 0 Å². The van der Waals surface area contributed by atoms with Crippen molar-refractivity contribution in [1.82, 2.24) is 20.2 Å².